The molecule has 1 fully saturated rings. The predicted octanol–water partition coefficient (Wildman–Crippen LogP) is 4.63. The third-order valence-corrected chi connectivity index (χ3v) is 4.60. The fraction of sp³-hybridized carbons (Fsp3) is 0.250. The molecule has 4 rings (SSSR count). The minimum atomic E-state index is -0.707. The fourth-order valence-electron chi connectivity index (χ4n) is 3.18. The summed E-state index contributed by atoms with van der Waals surface area (Å²) in [7, 11) is 0. The van der Waals surface area contributed by atoms with Gasteiger partial charge in [-0.25, -0.2) is 8.78 Å². The van der Waals surface area contributed by atoms with Gasteiger partial charge in [0.15, 0.2) is 5.82 Å². The number of aromatic nitrogens is 3. The Hall–Kier alpha value is -3.29. The maximum atomic E-state index is 13.8. The average Bonchev–Trinajstić information content (AvgIpc) is 2.72. The summed E-state index contributed by atoms with van der Waals surface area (Å²) in [4.78, 5) is 6.65. The molecule has 6 nitrogen and oxygen atoms in total. The first kappa shape index (κ1) is 18.1. The molecule has 8 heteroatoms. The van der Waals surface area contributed by atoms with Crippen LogP contribution < -0.4 is 15.5 Å². The number of nitrogens with zero attached hydrogens (tertiary/aromatic N) is 4. The van der Waals surface area contributed by atoms with Crippen molar-refractivity contribution in [1.29, 1.82) is 0 Å². The lowest BCUT2D eigenvalue weighted by atomic mass is 10.1. The first-order valence-electron chi connectivity index (χ1n) is 9.21. The van der Waals surface area contributed by atoms with Crippen LogP contribution in [0.3, 0.4) is 0 Å². The molecular weight excluding hydrogens is 362 g/mol. The summed E-state index contributed by atoms with van der Waals surface area (Å²) < 4.78 is 26.8. The normalized spacial score (nSPS) is 14.0. The number of hydrogen-bond donors (Lipinski definition) is 2. The van der Waals surface area contributed by atoms with Gasteiger partial charge in [-0.2, -0.15) is 10.1 Å². The Balaban J connectivity index is 1.44. The van der Waals surface area contributed by atoms with E-state index in [-0.39, 0.29) is 11.6 Å². The van der Waals surface area contributed by atoms with E-state index in [9.17, 15) is 8.78 Å². The second-order valence-corrected chi connectivity index (χ2v) is 6.63. The molecule has 144 valence electrons. The molecular formula is C20H20F2N6. The van der Waals surface area contributed by atoms with E-state index in [2.05, 4.69) is 42.8 Å². The predicted molar refractivity (Wildman–Crippen MR) is 105 cm³/mol. The van der Waals surface area contributed by atoms with Crippen molar-refractivity contribution in [1.82, 2.24) is 15.2 Å². The molecule has 0 atom stereocenters. The number of nitrogens with one attached hydrogen (secondary N) is 2. The van der Waals surface area contributed by atoms with Gasteiger partial charge in [0.05, 0.1) is 11.9 Å². The van der Waals surface area contributed by atoms with Gasteiger partial charge in [-0.15, -0.1) is 5.10 Å². The van der Waals surface area contributed by atoms with Gasteiger partial charge in [-0.1, -0.05) is 0 Å². The Morgan fingerprint density at radius 2 is 1.68 bits per heavy atom. The summed E-state index contributed by atoms with van der Waals surface area (Å²) in [5.74, 6) is -0.771. The number of anilines is 5. The maximum absolute atomic E-state index is 13.8. The van der Waals surface area contributed by atoms with Gasteiger partial charge in [-0.05, 0) is 55.7 Å². The summed E-state index contributed by atoms with van der Waals surface area (Å²) in [5.41, 5.74) is 2.14. The van der Waals surface area contributed by atoms with Crippen LogP contribution in [0, 0.1) is 11.6 Å². The number of piperidine rings is 1. The van der Waals surface area contributed by atoms with Crippen LogP contribution in [0.4, 0.5) is 37.6 Å². The van der Waals surface area contributed by atoms with Gasteiger partial charge in [-0.3, -0.25) is 0 Å². The van der Waals surface area contributed by atoms with Crippen LogP contribution in [0.2, 0.25) is 0 Å². The highest BCUT2D eigenvalue weighted by Gasteiger charge is 2.11. The van der Waals surface area contributed by atoms with E-state index in [0.717, 1.165) is 24.8 Å². The van der Waals surface area contributed by atoms with Crippen LogP contribution >= 0.6 is 0 Å². The first-order chi connectivity index (χ1) is 13.7. The Labute approximate surface area is 161 Å². The Kier molecular flexibility index (Phi) is 5.27. The molecule has 1 aromatic heterocycles. The van der Waals surface area contributed by atoms with E-state index in [4.69, 9.17) is 0 Å². The monoisotopic (exact) mass is 382 g/mol. The minimum absolute atomic E-state index is 0.110. The Morgan fingerprint density at radius 3 is 2.43 bits per heavy atom. The molecule has 0 bridgehead atoms. The standard InChI is InChI=1S/C20H20F2N6/c21-14-4-9-18(17(22)12-14)25-19-13-23-27-20(26-19)24-15-5-7-16(8-6-15)28-10-2-1-3-11-28/h4-9,12-13H,1-3,10-11H2,(H2,24,25,26,27). The molecule has 0 saturated carbocycles. The molecule has 2 aromatic carbocycles. The molecule has 28 heavy (non-hydrogen) atoms. The molecule has 3 aromatic rings. The van der Waals surface area contributed by atoms with E-state index in [1.165, 1.54) is 43.3 Å². The van der Waals surface area contributed by atoms with E-state index in [0.29, 0.717) is 5.82 Å². The Morgan fingerprint density at radius 1 is 0.893 bits per heavy atom. The number of hydrogen-bond acceptors (Lipinski definition) is 6. The van der Waals surface area contributed by atoms with Crippen molar-refractivity contribution < 1.29 is 8.78 Å². The summed E-state index contributed by atoms with van der Waals surface area (Å²) in [6.45, 7) is 2.18. The van der Waals surface area contributed by atoms with E-state index in [1.807, 2.05) is 12.1 Å². The smallest absolute Gasteiger partial charge is 0.249 e. The lowest BCUT2D eigenvalue weighted by Gasteiger charge is -2.28. The lowest BCUT2D eigenvalue weighted by molar-refractivity contribution is 0.578. The van der Waals surface area contributed by atoms with Gasteiger partial charge in [0.25, 0.3) is 0 Å². The van der Waals surface area contributed by atoms with Crippen molar-refractivity contribution in [3.63, 3.8) is 0 Å². The molecule has 0 spiro atoms. The zero-order valence-corrected chi connectivity index (χ0v) is 15.2. The van der Waals surface area contributed by atoms with Crippen molar-refractivity contribution >= 4 is 28.8 Å². The molecule has 1 aliphatic rings. The summed E-state index contributed by atoms with van der Waals surface area (Å²) in [6, 6.07) is 11.3. The largest absolute Gasteiger partial charge is 0.372 e. The van der Waals surface area contributed by atoms with Gasteiger partial charge in [0, 0.05) is 30.5 Å². The first-order valence-corrected chi connectivity index (χ1v) is 9.21. The summed E-state index contributed by atoms with van der Waals surface area (Å²) in [6.07, 6.45) is 5.13. The SMILES string of the molecule is Fc1ccc(Nc2cnnc(Nc3ccc(N4CCCCC4)cc3)n2)c(F)c1. The highest BCUT2D eigenvalue weighted by molar-refractivity contribution is 5.61. The van der Waals surface area contributed by atoms with E-state index >= 15 is 0 Å². The third kappa shape index (κ3) is 4.33. The number of benzene rings is 2. The lowest BCUT2D eigenvalue weighted by Crippen LogP contribution is -2.29. The van der Waals surface area contributed by atoms with E-state index < -0.39 is 11.6 Å². The molecule has 0 unspecified atom stereocenters. The second kappa shape index (κ2) is 8.16. The van der Waals surface area contributed by atoms with Crippen LogP contribution in [-0.2, 0) is 0 Å². The highest BCUT2D eigenvalue weighted by atomic mass is 19.1. The van der Waals surface area contributed by atoms with Gasteiger partial charge in [0.2, 0.25) is 5.95 Å². The fourth-order valence-corrected chi connectivity index (χ4v) is 3.18. The topological polar surface area (TPSA) is 66.0 Å². The quantitative estimate of drug-likeness (QED) is 0.671. The highest BCUT2D eigenvalue weighted by Crippen LogP contribution is 2.24. The van der Waals surface area contributed by atoms with Crippen molar-refractivity contribution in [3.8, 4) is 0 Å². The molecule has 1 saturated heterocycles. The van der Waals surface area contributed by atoms with E-state index in [1.54, 1.807) is 0 Å². The summed E-state index contributed by atoms with van der Waals surface area (Å²) in [5, 5.41) is 13.7. The van der Waals surface area contributed by atoms with Crippen LogP contribution in [-0.4, -0.2) is 28.3 Å². The van der Waals surface area contributed by atoms with Crippen molar-refractivity contribution in [2.24, 2.45) is 0 Å². The van der Waals surface area contributed by atoms with Crippen molar-refractivity contribution in [2.45, 2.75) is 19.3 Å². The Bertz CT molecular complexity index is 942. The molecule has 1 aliphatic heterocycles. The van der Waals surface area contributed by atoms with Crippen LogP contribution in [0.15, 0.2) is 48.7 Å². The van der Waals surface area contributed by atoms with Crippen LogP contribution in [0.1, 0.15) is 19.3 Å². The average molecular weight is 382 g/mol. The van der Waals surface area contributed by atoms with Crippen LogP contribution in [0.25, 0.3) is 0 Å². The zero-order valence-electron chi connectivity index (χ0n) is 15.2. The number of halogens is 2. The minimum Gasteiger partial charge on any atom is -0.372 e. The van der Waals surface area contributed by atoms with Gasteiger partial charge in [0.1, 0.15) is 11.6 Å². The molecule has 0 amide bonds. The molecule has 0 radical (unpaired) electrons. The second-order valence-electron chi connectivity index (χ2n) is 6.63. The molecule has 0 aliphatic carbocycles. The molecule has 2 heterocycles. The number of rotatable bonds is 5. The van der Waals surface area contributed by atoms with Crippen molar-refractivity contribution in [2.75, 3.05) is 28.6 Å². The third-order valence-electron chi connectivity index (χ3n) is 4.60. The van der Waals surface area contributed by atoms with Gasteiger partial charge < -0.3 is 15.5 Å². The molecule has 2 N–H and O–H groups in total. The maximum Gasteiger partial charge on any atom is 0.249 e. The summed E-state index contributed by atoms with van der Waals surface area (Å²) >= 11 is 0. The van der Waals surface area contributed by atoms with Crippen LogP contribution in [0.5, 0.6) is 0 Å². The zero-order chi connectivity index (χ0) is 19.3. The van der Waals surface area contributed by atoms with Crippen molar-refractivity contribution in [3.05, 3.63) is 60.3 Å². The van der Waals surface area contributed by atoms with Gasteiger partial charge >= 0.3 is 0 Å².